The minimum atomic E-state index is -0.451. The molecule has 3 amide bonds. The van der Waals surface area contributed by atoms with Crippen LogP contribution in [-0.4, -0.2) is 42.8 Å². The molecule has 8 heteroatoms. The zero-order chi connectivity index (χ0) is 24.5. The van der Waals surface area contributed by atoms with Gasteiger partial charge in [-0.05, 0) is 35.9 Å². The van der Waals surface area contributed by atoms with Crippen LogP contribution in [-0.2, 0) is 14.3 Å². The van der Waals surface area contributed by atoms with E-state index < -0.39 is 12.2 Å². The summed E-state index contributed by atoms with van der Waals surface area (Å²) in [6.45, 7) is 8.13. The Kier molecular flexibility index (Phi) is 6.24. The van der Waals surface area contributed by atoms with Crippen molar-refractivity contribution in [1.29, 1.82) is 0 Å². The summed E-state index contributed by atoms with van der Waals surface area (Å²) in [5, 5.41) is 8.76. The molecule has 0 radical (unpaired) electrons. The molecule has 0 spiro atoms. The van der Waals surface area contributed by atoms with Crippen molar-refractivity contribution in [2.75, 3.05) is 23.0 Å². The van der Waals surface area contributed by atoms with Crippen molar-refractivity contribution in [3.63, 3.8) is 0 Å². The summed E-state index contributed by atoms with van der Waals surface area (Å²) in [6, 6.07) is 16.7. The number of ether oxygens (including phenoxy) is 1. The van der Waals surface area contributed by atoms with Crippen molar-refractivity contribution < 1.29 is 19.1 Å². The molecule has 1 unspecified atom stereocenters. The highest BCUT2D eigenvalue weighted by Gasteiger charge is 2.37. The lowest BCUT2D eigenvalue weighted by Gasteiger charge is -2.18. The maximum absolute atomic E-state index is 13.3. The average Bonchev–Trinajstić information content (AvgIpc) is 3.33. The van der Waals surface area contributed by atoms with Crippen LogP contribution >= 0.6 is 0 Å². The Balaban J connectivity index is 1.56. The van der Waals surface area contributed by atoms with Gasteiger partial charge in [-0.1, -0.05) is 51.1 Å². The molecule has 4 rings (SSSR count). The highest BCUT2D eigenvalue weighted by Crippen LogP contribution is 2.33. The molecule has 0 aromatic heterocycles. The first-order chi connectivity index (χ1) is 16.1. The number of benzene rings is 2. The number of carbonyl (C=O) groups is 3. The molecule has 2 heterocycles. The quantitative estimate of drug-likeness (QED) is 0.684. The summed E-state index contributed by atoms with van der Waals surface area (Å²) in [6.07, 6.45) is 0.984. The van der Waals surface area contributed by atoms with Crippen LogP contribution in [0.3, 0.4) is 0 Å². The summed E-state index contributed by atoms with van der Waals surface area (Å²) >= 11 is 0. The second-order valence-corrected chi connectivity index (χ2v) is 9.35. The van der Waals surface area contributed by atoms with Gasteiger partial charge < -0.3 is 10.1 Å². The van der Waals surface area contributed by atoms with E-state index >= 15 is 0 Å². The van der Waals surface area contributed by atoms with Crippen LogP contribution in [0.4, 0.5) is 16.2 Å². The molecule has 2 aromatic carbocycles. The van der Waals surface area contributed by atoms with Crippen LogP contribution < -0.4 is 15.2 Å². The molecule has 0 bridgehead atoms. The number of hydrazone groups is 1. The third-order valence-electron chi connectivity index (χ3n) is 5.56. The number of rotatable bonds is 5. The van der Waals surface area contributed by atoms with Gasteiger partial charge in [0.25, 0.3) is 5.91 Å². The van der Waals surface area contributed by atoms with Crippen molar-refractivity contribution in [2.45, 2.75) is 33.8 Å². The molecule has 1 atom stereocenters. The molecule has 0 saturated carbocycles. The second-order valence-electron chi connectivity index (χ2n) is 9.35. The van der Waals surface area contributed by atoms with Gasteiger partial charge in [0.2, 0.25) is 5.91 Å². The van der Waals surface area contributed by atoms with E-state index in [2.05, 4.69) is 10.4 Å². The normalized spacial score (nSPS) is 19.5. The van der Waals surface area contributed by atoms with Crippen molar-refractivity contribution >= 4 is 41.1 Å². The maximum Gasteiger partial charge on any atom is 0.414 e. The molecule has 8 nitrogen and oxygen atoms in total. The van der Waals surface area contributed by atoms with Gasteiger partial charge in [0, 0.05) is 18.0 Å². The Morgan fingerprint density at radius 2 is 1.76 bits per heavy atom. The predicted molar refractivity (Wildman–Crippen MR) is 132 cm³/mol. The van der Waals surface area contributed by atoms with E-state index in [1.807, 2.05) is 81.4 Å². The highest BCUT2D eigenvalue weighted by molar-refractivity contribution is 6.34. The Labute approximate surface area is 198 Å². The van der Waals surface area contributed by atoms with E-state index in [4.69, 9.17) is 4.74 Å². The monoisotopic (exact) mass is 460 g/mol. The van der Waals surface area contributed by atoms with E-state index in [1.165, 1.54) is 16.8 Å². The van der Waals surface area contributed by atoms with Crippen LogP contribution in [0.15, 0.2) is 65.3 Å². The van der Waals surface area contributed by atoms with Gasteiger partial charge in [-0.25, -0.2) is 4.79 Å². The first-order valence-electron chi connectivity index (χ1n) is 11.2. The van der Waals surface area contributed by atoms with Gasteiger partial charge in [0.1, 0.15) is 6.10 Å². The van der Waals surface area contributed by atoms with E-state index in [1.54, 1.807) is 0 Å². The lowest BCUT2D eigenvalue weighted by molar-refractivity contribution is -0.119. The van der Waals surface area contributed by atoms with Crippen LogP contribution in [0.25, 0.3) is 6.08 Å². The minimum absolute atomic E-state index is 0.169. The van der Waals surface area contributed by atoms with E-state index in [0.29, 0.717) is 17.8 Å². The zero-order valence-electron chi connectivity index (χ0n) is 19.7. The average molecular weight is 461 g/mol. The number of carbonyl (C=O) groups excluding carboxylic acids is 3. The Bertz CT molecular complexity index is 1160. The van der Waals surface area contributed by atoms with E-state index in [9.17, 15) is 14.4 Å². The van der Waals surface area contributed by atoms with Crippen molar-refractivity contribution in [3.8, 4) is 0 Å². The molecule has 0 aliphatic carbocycles. The maximum atomic E-state index is 13.3. The fraction of sp³-hybridized carbons (Fsp3) is 0.308. The number of nitrogens with zero attached hydrogens (tertiary/aromatic N) is 3. The van der Waals surface area contributed by atoms with Gasteiger partial charge in [-0.3, -0.25) is 14.5 Å². The Morgan fingerprint density at radius 3 is 2.38 bits per heavy atom. The highest BCUT2D eigenvalue weighted by atomic mass is 16.6. The first kappa shape index (κ1) is 23.2. The van der Waals surface area contributed by atoms with Crippen LogP contribution in [0, 0.1) is 5.41 Å². The van der Waals surface area contributed by atoms with Crippen LogP contribution in [0.5, 0.6) is 0 Å². The molecule has 1 fully saturated rings. The summed E-state index contributed by atoms with van der Waals surface area (Å²) in [5.41, 5.74) is 3.16. The number of para-hydroxylation sites is 1. The first-order valence-corrected chi connectivity index (χ1v) is 11.2. The molecule has 2 aromatic rings. The second kappa shape index (κ2) is 9.13. The number of hydrogen-bond acceptors (Lipinski definition) is 5. The van der Waals surface area contributed by atoms with Gasteiger partial charge >= 0.3 is 6.09 Å². The summed E-state index contributed by atoms with van der Waals surface area (Å²) in [4.78, 5) is 38.2. The lowest BCUT2D eigenvalue weighted by Crippen LogP contribution is -2.33. The van der Waals surface area contributed by atoms with Gasteiger partial charge in [0.15, 0.2) is 0 Å². The minimum Gasteiger partial charge on any atom is -0.442 e. The smallest absolute Gasteiger partial charge is 0.414 e. The number of hydrogen-bond donors (Lipinski definition) is 1. The predicted octanol–water partition coefficient (Wildman–Crippen LogP) is 3.98. The molecule has 2 aliphatic rings. The molecule has 176 valence electrons. The Morgan fingerprint density at radius 1 is 1.09 bits per heavy atom. The number of anilines is 2. The third kappa shape index (κ3) is 4.85. The van der Waals surface area contributed by atoms with Gasteiger partial charge in [-0.15, -0.1) is 0 Å². The summed E-state index contributed by atoms with van der Waals surface area (Å²) in [7, 11) is 0. The van der Waals surface area contributed by atoms with Crippen LogP contribution in [0.1, 0.15) is 33.3 Å². The fourth-order valence-corrected chi connectivity index (χ4v) is 3.86. The number of amides is 3. The standard InChI is InChI=1S/C26H28N4O4/c1-17(31)27-15-21-16-29(25(33)34-21)19-12-10-18(11-13-19)14-22-23(26(2,3)4)28-30(24(22)32)20-8-6-5-7-9-20/h5-14,21H,15-16H2,1-4H3,(H,27,31)/b22-14-. The summed E-state index contributed by atoms with van der Waals surface area (Å²) < 4.78 is 5.33. The lowest BCUT2D eigenvalue weighted by atomic mass is 9.85. The van der Waals surface area contributed by atoms with Crippen molar-refractivity contribution in [1.82, 2.24) is 5.32 Å². The topological polar surface area (TPSA) is 91.3 Å². The molecule has 34 heavy (non-hydrogen) atoms. The molecular weight excluding hydrogens is 432 g/mol. The Hall–Kier alpha value is -3.94. The van der Waals surface area contributed by atoms with Gasteiger partial charge in [0.05, 0.1) is 30.1 Å². The molecular formula is C26H28N4O4. The van der Waals surface area contributed by atoms with E-state index in [-0.39, 0.29) is 23.8 Å². The van der Waals surface area contributed by atoms with Crippen LogP contribution in [0.2, 0.25) is 0 Å². The third-order valence-corrected chi connectivity index (χ3v) is 5.56. The van der Waals surface area contributed by atoms with E-state index in [0.717, 1.165) is 17.0 Å². The number of cyclic esters (lactones) is 1. The van der Waals surface area contributed by atoms with Crippen molar-refractivity contribution in [3.05, 3.63) is 65.7 Å². The molecule has 1 N–H and O–H groups in total. The fourth-order valence-electron chi connectivity index (χ4n) is 3.86. The number of nitrogens with one attached hydrogen (secondary N) is 1. The van der Waals surface area contributed by atoms with Crippen molar-refractivity contribution in [2.24, 2.45) is 10.5 Å². The summed E-state index contributed by atoms with van der Waals surface area (Å²) in [5.74, 6) is -0.346. The zero-order valence-corrected chi connectivity index (χ0v) is 19.7. The molecule has 1 saturated heterocycles. The molecule has 2 aliphatic heterocycles. The SMILES string of the molecule is CC(=O)NCC1CN(c2ccc(/C=C3\C(=O)N(c4ccccc4)N=C3C(C)(C)C)cc2)C(=O)O1. The largest absolute Gasteiger partial charge is 0.442 e. The van der Waals surface area contributed by atoms with Gasteiger partial charge in [-0.2, -0.15) is 10.1 Å².